The summed E-state index contributed by atoms with van der Waals surface area (Å²) in [5.74, 6) is -0.372. The van der Waals surface area contributed by atoms with E-state index in [1.165, 1.54) is 25.2 Å². The number of carbonyl (C=O) groups is 1. The van der Waals surface area contributed by atoms with Crippen LogP contribution in [-0.2, 0) is 6.54 Å². The summed E-state index contributed by atoms with van der Waals surface area (Å²) in [5.41, 5.74) is 1.02. The number of rotatable bonds is 5. The van der Waals surface area contributed by atoms with Crippen LogP contribution in [-0.4, -0.2) is 27.7 Å². The Morgan fingerprint density at radius 1 is 1.48 bits per heavy atom. The molecule has 0 radical (unpaired) electrons. The highest BCUT2D eigenvalue weighted by molar-refractivity contribution is 5.95. The lowest BCUT2D eigenvalue weighted by Crippen LogP contribution is -2.17. The minimum atomic E-state index is -0.529. The van der Waals surface area contributed by atoms with Crippen molar-refractivity contribution in [1.82, 2.24) is 15.1 Å². The maximum absolute atomic E-state index is 11.5. The predicted octanol–water partition coefficient (Wildman–Crippen LogP) is 1.91. The van der Waals surface area contributed by atoms with Gasteiger partial charge in [0.1, 0.15) is 5.69 Å². The third-order valence-corrected chi connectivity index (χ3v) is 2.92. The Morgan fingerprint density at radius 2 is 2.24 bits per heavy atom. The number of anilines is 2. The zero-order valence-electron chi connectivity index (χ0n) is 11.7. The number of amides is 1. The molecule has 21 heavy (non-hydrogen) atoms. The van der Waals surface area contributed by atoms with Gasteiger partial charge in [0.05, 0.1) is 16.8 Å². The fraction of sp³-hybridized carbons (Fsp3) is 0.231. The van der Waals surface area contributed by atoms with E-state index in [-0.39, 0.29) is 17.2 Å². The van der Waals surface area contributed by atoms with Crippen LogP contribution in [0.25, 0.3) is 0 Å². The van der Waals surface area contributed by atoms with Crippen LogP contribution in [0.3, 0.4) is 0 Å². The molecular formula is C13H15N5O3. The minimum absolute atomic E-state index is 0.166. The quantitative estimate of drug-likeness (QED) is 0.646. The molecule has 0 fully saturated rings. The molecule has 0 bridgehead atoms. The van der Waals surface area contributed by atoms with E-state index in [0.717, 1.165) is 0 Å². The SMILES string of the molecule is CCn1cc(Nc2ccc(C(=O)NC)cc2[N+](=O)[O-])cn1. The molecule has 0 saturated heterocycles. The molecule has 2 rings (SSSR count). The predicted molar refractivity (Wildman–Crippen MR) is 77.7 cm³/mol. The molecule has 0 unspecified atom stereocenters. The van der Waals surface area contributed by atoms with Gasteiger partial charge in [0.25, 0.3) is 11.6 Å². The van der Waals surface area contributed by atoms with Crippen LogP contribution in [0.2, 0.25) is 0 Å². The van der Waals surface area contributed by atoms with Crippen molar-refractivity contribution in [2.75, 3.05) is 12.4 Å². The van der Waals surface area contributed by atoms with Crippen molar-refractivity contribution in [1.29, 1.82) is 0 Å². The smallest absolute Gasteiger partial charge is 0.293 e. The monoisotopic (exact) mass is 289 g/mol. The summed E-state index contributed by atoms with van der Waals surface area (Å²) in [6.45, 7) is 2.65. The van der Waals surface area contributed by atoms with Crippen molar-refractivity contribution >= 4 is 23.0 Å². The molecule has 1 heterocycles. The highest BCUT2D eigenvalue weighted by Gasteiger charge is 2.17. The van der Waals surface area contributed by atoms with Gasteiger partial charge < -0.3 is 10.6 Å². The van der Waals surface area contributed by atoms with Crippen LogP contribution in [0.5, 0.6) is 0 Å². The zero-order valence-corrected chi connectivity index (χ0v) is 11.7. The molecule has 8 nitrogen and oxygen atoms in total. The number of nitrogens with zero attached hydrogens (tertiary/aromatic N) is 3. The Bertz CT molecular complexity index is 680. The molecule has 0 saturated carbocycles. The molecule has 0 aliphatic carbocycles. The van der Waals surface area contributed by atoms with Crippen molar-refractivity contribution in [2.24, 2.45) is 0 Å². The van der Waals surface area contributed by atoms with Gasteiger partial charge in [-0.1, -0.05) is 0 Å². The average molecular weight is 289 g/mol. The first-order valence-corrected chi connectivity index (χ1v) is 6.35. The van der Waals surface area contributed by atoms with E-state index in [1.807, 2.05) is 6.92 Å². The van der Waals surface area contributed by atoms with Crippen molar-refractivity contribution in [3.05, 3.63) is 46.3 Å². The molecule has 0 spiro atoms. The lowest BCUT2D eigenvalue weighted by atomic mass is 10.1. The van der Waals surface area contributed by atoms with Gasteiger partial charge in [-0.05, 0) is 19.1 Å². The lowest BCUT2D eigenvalue weighted by Gasteiger charge is -2.06. The van der Waals surface area contributed by atoms with Gasteiger partial charge in [-0.3, -0.25) is 19.6 Å². The zero-order chi connectivity index (χ0) is 15.4. The summed E-state index contributed by atoms with van der Waals surface area (Å²) in [4.78, 5) is 22.2. The third kappa shape index (κ3) is 3.16. The maximum Gasteiger partial charge on any atom is 0.293 e. The van der Waals surface area contributed by atoms with Crippen LogP contribution in [0.4, 0.5) is 17.1 Å². The first kappa shape index (κ1) is 14.5. The van der Waals surface area contributed by atoms with Crippen molar-refractivity contribution in [3.8, 4) is 0 Å². The Hall–Kier alpha value is -2.90. The molecule has 2 aromatic rings. The lowest BCUT2D eigenvalue weighted by molar-refractivity contribution is -0.383. The fourth-order valence-corrected chi connectivity index (χ4v) is 1.83. The van der Waals surface area contributed by atoms with E-state index in [4.69, 9.17) is 0 Å². The van der Waals surface area contributed by atoms with Gasteiger partial charge in [-0.15, -0.1) is 0 Å². The maximum atomic E-state index is 11.5. The molecule has 110 valence electrons. The number of aryl methyl sites for hydroxylation is 1. The van der Waals surface area contributed by atoms with Gasteiger partial charge >= 0.3 is 0 Å². The number of nitro benzene ring substituents is 1. The standard InChI is InChI=1S/C13H15N5O3/c1-3-17-8-10(7-15-17)16-11-5-4-9(13(19)14-2)6-12(11)18(20)21/h4-8,16H,3H2,1-2H3,(H,14,19). The second-order valence-corrected chi connectivity index (χ2v) is 4.28. The van der Waals surface area contributed by atoms with Crippen LogP contribution < -0.4 is 10.6 Å². The first-order valence-electron chi connectivity index (χ1n) is 6.35. The Labute approximate surface area is 120 Å². The van der Waals surface area contributed by atoms with E-state index >= 15 is 0 Å². The Balaban J connectivity index is 2.34. The summed E-state index contributed by atoms with van der Waals surface area (Å²) < 4.78 is 1.70. The highest BCUT2D eigenvalue weighted by Crippen LogP contribution is 2.28. The van der Waals surface area contributed by atoms with Crippen molar-refractivity contribution < 1.29 is 9.72 Å². The van der Waals surface area contributed by atoms with E-state index < -0.39 is 4.92 Å². The molecule has 0 aliphatic heterocycles. The number of nitro groups is 1. The molecule has 1 aromatic carbocycles. The average Bonchev–Trinajstić information content (AvgIpc) is 2.94. The van der Waals surface area contributed by atoms with Gasteiger partial charge in [0.15, 0.2) is 0 Å². The van der Waals surface area contributed by atoms with E-state index in [2.05, 4.69) is 15.7 Å². The number of nitrogens with one attached hydrogen (secondary N) is 2. The number of hydrogen-bond donors (Lipinski definition) is 2. The second kappa shape index (κ2) is 6.04. The first-order chi connectivity index (χ1) is 10.0. The van der Waals surface area contributed by atoms with Gasteiger partial charge in [0, 0.05) is 31.4 Å². The minimum Gasteiger partial charge on any atom is -0.355 e. The number of hydrogen-bond acceptors (Lipinski definition) is 5. The fourth-order valence-electron chi connectivity index (χ4n) is 1.83. The summed E-state index contributed by atoms with van der Waals surface area (Å²) in [5, 5.41) is 20.6. The Kier molecular flexibility index (Phi) is 4.17. The van der Waals surface area contributed by atoms with Gasteiger partial charge in [-0.25, -0.2) is 0 Å². The molecule has 8 heteroatoms. The second-order valence-electron chi connectivity index (χ2n) is 4.28. The number of benzene rings is 1. The highest BCUT2D eigenvalue weighted by atomic mass is 16.6. The number of aromatic nitrogens is 2. The normalized spacial score (nSPS) is 10.2. The molecular weight excluding hydrogens is 274 g/mol. The summed E-state index contributed by atoms with van der Waals surface area (Å²) in [7, 11) is 1.47. The molecule has 0 aliphatic rings. The number of carbonyl (C=O) groups excluding carboxylic acids is 1. The van der Waals surface area contributed by atoms with Crippen LogP contribution in [0, 0.1) is 10.1 Å². The van der Waals surface area contributed by atoms with Crippen molar-refractivity contribution in [2.45, 2.75) is 13.5 Å². The van der Waals surface area contributed by atoms with Crippen LogP contribution >= 0.6 is 0 Å². The topological polar surface area (TPSA) is 102 Å². The summed E-state index contributed by atoms with van der Waals surface area (Å²) >= 11 is 0. The molecule has 2 N–H and O–H groups in total. The van der Waals surface area contributed by atoms with E-state index in [1.54, 1.807) is 17.1 Å². The van der Waals surface area contributed by atoms with Gasteiger partial charge in [-0.2, -0.15) is 5.10 Å². The summed E-state index contributed by atoms with van der Waals surface area (Å²) in [6.07, 6.45) is 3.33. The Morgan fingerprint density at radius 3 is 2.81 bits per heavy atom. The molecule has 1 aromatic heterocycles. The largest absolute Gasteiger partial charge is 0.355 e. The molecule has 1 amide bonds. The third-order valence-electron chi connectivity index (χ3n) is 2.92. The van der Waals surface area contributed by atoms with E-state index in [0.29, 0.717) is 17.9 Å². The van der Waals surface area contributed by atoms with Crippen molar-refractivity contribution in [3.63, 3.8) is 0 Å². The van der Waals surface area contributed by atoms with E-state index in [9.17, 15) is 14.9 Å². The summed E-state index contributed by atoms with van der Waals surface area (Å²) in [6, 6.07) is 4.27. The van der Waals surface area contributed by atoms with Gasteiger partial charge in [0.2, 0.25) is 0 Å². The van der Waals surface area contributed by atoms with Crippen LogP contribution in [0.15, 0.2) is 30.6 Å². The molecule has 0 atom stereocenters. The van der Waals surface area contributed by atoms with Crippen LogP contribution in [0.1, 0.15) is 17.3 Å².